The van der Waals surface area contributed by atoms with Gasteiger partial charge >= 0.3 is 0 Å². The largest absolute Gasteiger partial charge is 0.370 e. The van der Waals surface area contributed by atoms with Crippen LogP contribution in [-0.4, -0.2) is 12.0 Å². The maximum absolute atomic E-state index is 5.67. The molecule has 1 heterocycles. The molecule has 0 fully saturated rings. The van der Waals surface area contributed by atoms with Crippen molar-refractivity contribution in [2.24, 2.45) is 0 Å². The molecule has 0 aliphatic rings. The van der Waals surface area contributed by atoms with Crippen molar-refractivity contribution in [3.05, 3.63) is 50.4 Å². The topological polar surface area (TPSA) is 34.2 Å². The summed E-state index contributed by atoms with van der Waals surface area (Å²) in [6.45, 7) is 1.97. The van der Waals surface area contributed by atoms with Gasteiger partial charge in [-0.2, -0.15) is 0 Å². The smallest absolute Gasteiger partial charge is 0.107 e. The molecule has 0 aliphatic heterocycles. The van der Waals surface area contributed by atoms with E-state index in [2.05, 4.69) is 32.3 Å². The van der Waals surface area contributed by atoms with Crippen LogP contribution in [0.3, 0.4) is 0 Å². The van der Waals surface area contributed by atoms with Crippen LogP contribution in [0.25, 0.3) is 0 Å². The molecule has 2 aromatic rings. The molecule has 0 saturated heterocycles. The van der Waals surface area contributed by atoms with Gasteiger partial charge in [-0.25, -0.2) is 4.98 Å². The molecule has 3 nitrogen and oxygen atoms in total. The van der Waals surface area contributed by atoms with Crippen LogP contribution in [0.4, 0.5) is 0 Å². The molecule has 0 spiro atoms. The Bertz CT molecular complexity index is 501. The zero-order valence-corrected chi connectivity index (χ0v) is 12.6. The summed E-state index contributed by atoms with van der Waals surface area (Å²) in [6.07, 6.45) is 0. The Labute approximate surface area is 119 Å². The van der Waals surface area contributed by atoms with E-state index in [1.165, 1.54) is 0 Å². The van der Waals surface area contributed by atoms with Crippen LogP contribution in [0.2, 0.25) is 0 Å². The highest BCUT2D eigenvalue weighted by Crippen LogP contribution is 2.17. The van der Waals surface area contributed by atoms with Crippen molar-refractivity contribution in [3.63, 3.8) is 0 Å². The van der Waals surface area contributed by atoms with Crippen molar-refractivity contribution in [1.29, 1.82) is 0 Å². The Kier molecular flexibility index (Phi) is 5.31. The fraction of sp³-hybridized carbons (Fsp3) is 0.308. The van der Waals surface area contributed by atoms with Gasteiger partial charge in [-0.3, -0.25) is 0 Å². The third kappa shape index (κ3) is 3.88. The summed E-state index contributed by atoms with van der Waals surface area (Å²) in [4.78, 5) is 4.47. The van der Waals surface area contributed by atoms with Crippen LogP contribution in [-0.2, 0) is 24.5 Å². The predicted octanol–water partition coefficient (Wildman–Crippen LogP) is 3.34. The molecule has 0 radical (unpaired) electrons. The van der Waals surface area contributed by atoms with Gasteiger partial charge in [0.05, 0.1) is 18.9 Å². The number of benzene rings is 1. The van der Waals surface area contributed by atoms with Crippen LogP contribution < -0.4 is 5.32 Å². The summed E-state index contributed by atoms with van der Waals surface area (Å²) in [5, 5.41) is 6.23. The molecule has 0 atom stereocenters. The normalized spacial score (nSPS) is 10.8. The van der Waals surface area contributed by atoms with Gasteiger partial charge in [0.25, 0.3) is 0 Å². The van der Waals surface area contributed by atoms with Gasteiger partial charge in [-0.15, -0.1) is 11.3 Å². The van der Waals surface area contributed by atoms with E-state index in [0.717, 1.165) is 27.3 Å². The lowest BCUT2D eigenvalue weighted by Gasteiger charge is -2.04. The number of hydrogen-bond acceptors (Lipinski definition) is 4. The van der Waals surface area contributed by atoms with Gasteiger partial charge < -0.3 is 10.1 Å². The predicted molar refractivity (Wildman–Crippen MR) is 77.5 cm³/mol. The monoisotopic (exact) mass is 326 g/mol. The molecule has 1 aromatic heterocycles. The van der Waals surface area contributed by atoms with E-state index in [0.29, 0.717) is 13.2 Å². The highest BCUT2D eigenvalue weighted by Gasteiger charge is 2.03. The lowest BCUT2D eigenvalue weighted by Crippen LogP contribution is -2.04. The summed E-state index contributed by atoms with van der Waals surface area (Å²) in [5.41, 5.74) is 2.15. The van der Waals surface area contributed by atoms with Crippen LogP contribution >= 0.6 is 27.3 Å². The van der Waals surface area contributed by atoms with E-state index < -0.39 is 0 Å². The fourth-order valence-corrected chi connectivity index (χ4v) is 2.72. The highest BCUT2D eigenvalue weighted by atomic mass is 79.9. The minimum absolute atomic E-state index is 0.557. The third-order valence-corrected chi connectivity index (χ3v) is 4.06. The van der Waals surface area contributed by atoms with Crippen LogP contribution in [0.1, 0.15) is 16.3 Å². The SMILES string of the molecule is CNCc1nc(COCc2ccccc2Br)cs1. The second-order valence-electron chi connectivity index (χ2n) is 3.85. The lowest BCUT2D eigenvalue weighted by molar-refractivity contribution is 0.104. The molecule has 0 aliphatic carbocycles. The second-order valence-corrected chi connectivity index (χ2v) is 5.64. The summed E-state index contributed by atoms with van der Waals surface area (Å²) in [5.74, 6) is 0. The third-order valence-electron chi connectivity index (χ3n) is 2.39. The minimum atomic E-state index is 0.557. The standard InChI is InChI=1S/C13H15BrN2OS/c1-15-6-13-16-11(9-18-13)8-17-7-10-4-2-3-5-12(10)14/h2-5,9,15H,6-8H2,1H3. The molecule has 5 heteroatoms. The Hall–Kier alpha value is -0.750. The zero-order valence-electron chi connectivity index (χ0n) is 10.1. The lowest BCUT2D eigenvalue weighted by atomic mass is 10.2. The summed E-state index contributed by atoms with van der Waals surface area (Å²) in [7, 11) is 1.92. The van der Waals surface area contributed by atoms with Crippen molar-refractivity contribution < 1.29 is 4.74 Å². The Morgan fingerprint density at radius 2 is 2.17 bits per heavy atom. The molecular weight excluding hydrogens is 312 g/mol. The van der Waals surface area contributed by atoms with E-state index in [1.54, 1.807) is 11.3 Å². The average Bonchev–Trinajstić information content (AvgIpc) is 2.80. The molecule has 0 saturated carbocycles. The second kappa shape index (κ2) is 6.99. The van der Waals surface area contributed by atoms with Gasteiger partial charge in [-0.1, -0.05) is 34.1 Å². The summed E-state index contributed by atoms with van der Waals surface area (Å²) in [6, 6.07) is 8.08. The fourth-order valence-electron chi connectivity index (χ4n) is 1.53. The average molecular weight is 327 g/mol. The Morgan fingerprint density at radius 1 is 1.33 bits per heavy atom. The van der Waals surface area contributed by atoms with Gasteiger partial charge in [-0.05, 0) is 18.7 Å². The van der Waals surface area contributed by atoms with E-state index >= 15 is 0 Å². The van der Waals surface area contributed by atoms with Crippen molar-refractivity contribution >= 4 is 27.3 Å². The first-order valence-electron chi connectivity index (χ1n) is 5.68. The molecular formula is C13H15BrN2OS. The maximum Gasteiger partial charge on any atom is 0.107 e. The number of halogens is 1. The molecule has 2 rings (SSSR count). The number of ether oxygens (including phenoxy) is 1. The molecule has 96 valence electrons. The van der Waals surface area contributed by atoms with Crippen molar-refractivity contribution in [2.75, 3.05) is 7.05 Å². The maximum atomic E-state index is 5.67. The Balaban J connectivity index is 1.83. The quantitative estimate of drug-likeness (QED) is 0.884. The molecule has 0 amide bonds. The zero-order chi connectivity index (χ0) is 12.8. The van der Waals surface area contributed by atoms with E-state index in [1.807, 2.05) is 30.6 Å². The summed E-state index contributed by atoms with van der Waals surface area (Å²) >= 11 is 5.17. The van der Waals surface area contributed by atoms with Crippen LogP contribution in [0.15, 0.2) is 34.1 Å². The molecule has 0 unspecified atom stereocenters. The number of thiazole rings is 1. The number of hydrogen-bond donors (Lipinski definition) is 1. The first-order chi connectivity index (χ1) is 8.79. The number of nitrogens with zero attached hydrogens (tertiary/aromatic N) is 1. The van der Waals surface area contributed by atoms with Gasteiger partial charge in [0, 0.05) is 16.4 Å². The molecule has 0 bridgehead atoms. The number of aromatic nitrogens is 1. The molecule has 1 N–H and O–H groups in total. The highest BCUT2D eigenvalue weighted by molar-refractivity contribution is 9.10. The van der Waals surface area contributed by atoms with E-state index in [9.17, 15) is 0 Å². The van der Waals surface area contributed by atoms with Crippen LogP contribution in [0.5, 0.6) is 0 Å². The van der Waals surface area contributed by atoms with Crippen LogP contribution in [0, 0.1) is 0 Å². The van der Waals surface area contributed by atoms with Gasteiger partial charge in [0.2, 0.25) is 0 Å². The summed E-state index contributed by atoms with van der Waals surface area (Å²) < 4.78 is 6.75. The van der Waals surface area contributed by atoms with Gasteiger partial charge in [0.15, 0.2) is 0 Å². The van der Waals surface area contributed by atoms with Crippen molar-refractivity contribution in [1.82, 2.24) is 10.3 Å². The first kappa shape index (κ1) is 13.7. The number of nitrogens with one attached hydrogen (secondary N) is 1. The van der Waals surface area contributed by atoms with E-state index in [-0.39, 0.29) is 0 Å². The Morgan fingerprint density at radius 3 is 2.94 bits per heavy atom. The van der Waals surface area contributed by atoms with E-state index in [4.69, 9.17) is 4.74 Å². The van der Waals surface area contributed by atoms with Crippen molar-refractivity contribution in [2.45, 2.75) is 19.8 Å². The molecule has 1 aromatic carbocycles. The van der Waals surface area contributed by atoms with Crippen molar-refractivity contribution in [3.8, 4) is 0 Å². The first-order valence-corrected chi connectivity index (χ1v) is 7.36. The molecule has 18 heavy (non-hydrogen) atoms. The van der Waals surface area contributed by atoms with Gasteiger partial charge in [0.1, 0.15) is 5.01 Å². The minimum Gasteiger partial charge on any atom is -0.370 e. The number of rotatable bonds is 6.